The van der Waals surface area contributed by atoms with Crippen molar-refractivity contribution < 1.29 is 94.2 Å². The fourth-order valence-electron chi connectivity index (χ4n) is 6.59. The highest BCUT2D eigenvalue weighted by Gasteiger charge is 2.53. The molecule has 0 bridgehead atoms. The molecule has 4 heterocycles. The Morgan fingerprint density at radius 3 is 1.98 bits per heavy atom. The Hall–Kier alpha value is -2.79. The minimum Gasteiger partial charge on any atom is -0.394 e. The average Bonchev–Trinajstić information content (AvgIpc) is 3.17. The fourth-order valence-corrected chi connectivity index (χ4v) is 6.59. The van der Waals surface area contributed by atoms with Crippen molar-refractivity contribution in [3.05, 3.63) is 24.4 Å². The van der Waals surface area contributed by atoms with Crippen LogP contribution in [0.1, 0.15) is 20.8 Å². The van der Waals surface area contributed by atoms with Crippen LogP contribution < -0.4 is 16.0 Å². The van der Waals surface area contributed by atoms with Crippen molar-refractivity contribution >= 4 is 17.6 Å². The summed E-state index contributed by atoms with van der Waals surface area (Å²) in [4.78, 5) is 29.2. The van der Waals surface area contributed by atoms with E-state index in [1.54, 1.807) is 18.2 Å². The van der Waals surface area contributed by atoms with Crippen molar-refractivity contribution in [2.24, 2.45) is 0 Å². The van der Waals surface area contributed by atoms with Crippen LogP contribution in [0.3, 0.4) is 0 Å². The number of amides is 2. The monoisotopic (exact) mass is 810 g/mol. The molecule has 3 aliphatic heterocycles. The summed E-state index contributed by atoms with van der Waals surface area (Å²) < 4.78 is 35.0. The second-order valence-corrected chi connectivity index (χ2v) is 13.8. The van der Waals surface area contributed by atoms with Crippen molar-refractivity contribution in [1.29, 1.82) is 0 Å². The Morgan fingerprint density at radius 2 is 1.39 bits per heavy atom. The molecule has 14 N–H and O–H groups in total. The Morgan fingerprint density at radius 1 is 0.768 bits per heavy atom. The highest BCUT2D eigenvalue weighted by molar-refractivity contribution is 5.73. The highest BCUT2D eigenvalue weighted by atomic mass is 16.8. The summed E-state index contributed by atoms with van der Waals surface area (Å²) >= 11 is 0. The molecule has 0 aromatic carbocycles. The second-order valence-electron chi connectivity index (χ2n) is 13.8. The Bertz CT molecular complexity index is 1370. The summed E-state index contributed by atoms with van der Waals surface area (Å²) in [5.74, 6) is -1.07. The van der Waals surface area contributed by atoms with Crippen LogP contribution in [0.5, 0.6) is 0 Å². The van der Waals surface area contributed by atoms with Gasteiger partial charge < -0.3 is 101 Å². The standard InChI is InChI=1S/C33H54N4O19/c1-12-21(44)24(47)26(49)32(51-12)54-28(15(36-13(2)41)8-35-19-6-4-5-7-34-19)29(16(43)9-38)55-31-20(37-14(3)42)23(46)30(18(11-40)53-31)56-33-27(50)25(48)22(45)17(10-39)52-33/h4-7,12,15-18,20-33,38-40,43-50H,8-11H2,1-3H3,(H,34,35)(H,36,41)(H,37,42)/t12-,15-,16+,17+,18+,20+,21+,22+,23+,24+,25-,26-,27-,28+,29+,30+,31-,32-,33-/m0/s1. The molecule has 0 aliphatic carbocycles. The van der Waals surface area contributed by atoms with Gasteiger partial charge in [0.1, 0.15) is 91.2 Å². The maximum Gasteiger partial charge on any atom is 0.217 e. The number of anilines is 1. The van der Waals surface area contributed by atoms with Gasteiger partial charge in [-0.25, -0.2) is 4.98 Å². The van der Waals surface area contributed by atoms with Crippen LogP contribution >= 0.6 is 0 Å². The van der Waals surface area contributed by atoms with E-state index in [0.717, 1.165) is 13.8 Å². The molecule has 320 valence electrons. The maximum absolute atomic E-state index is 12.6. The topological polar surface area (TPSA) is 361 Å². The van der Waals surface area contributed by atoms with Crippen LogP contribution in [0.25, 0.3) is 0 Å². The summed E-state index contributed by atoms with van der Waals surface area (Å²) in [6, 6.07) is 1.98. The number of nitrogens with zero attached hydrogens (tertiary/aromatic N) is 1. The number of hydrogen-bond donors (Lipinski definition) is 14. The molecule has 23 heteroatoms. The van der Waals surface area contributed by atoms with Gasteiger partial charge in [-0.05, 0) is 19.1 Å². The van der Waals surface area contributed by atoms with Gasteiger partial charge in [-0.3, -0.25) is 9.59 Å². The molecular formula is C33H54N4O19. The number of pyridine rings is 1. The van der Waals surface area contributed by atoms with Gasteiger partial charge in [0.2, 0.25) is 11.8 Å². The van der Waals surface area contributed by atoms with Crippen LogP contribution in [-0.2, 0) is 38.0 Å². The number of nitrogens with one attached hydrogen (secondary N) is 3. The SMILES string of the molecule is CC(=O)N[C@H]1[C@H](O[C@@H]([C@H](O[C@@H]2O[C@@H](C)[C@@H](O)[C@@H](O)[C@@H]2O)[C@H](CNc2ccccn2)NC(C)=O)[C@H](O)CO)O[C@H](CO)[C@@H](O[C@@H]2O[C@H](CO)[C@@H](O)[C@H](O)[C@@H]2O)[C@@H]1O. The van der Waals surface area contributed by atoms with Gasteiger partial charge in [0.05, 0.1) is 32.0 Å². The Kier molecular flexibility index (Phi) is 17.0. The highest BCUT2D eigenvalue weighted by Crippen LogP contribution is 2.32. The van der Waals surface area contributed by atoms with Crippen LogP contribution in [0, 0.1) is 0 Å². The largest absolute Gasteiger partial charge is 0.394 e. The molecule has 3 saturated heterocycles. The number of hydrogen-bond acceptors (Lipinski definition) is 21. The van der Waals surface area contributed by atoms with Crippen LogP contribution in [-0.4, -0.2) is 216 Å². The molecule has 2 amide bonds. The van der Waals surface area contributed by atoms with Gasteiger partial charge in [0.15, 0.2) is 18.9 Å². The summed E-state index contributed by atoms with van der Waals surface area (Å²) in [7, 11) is 0. The summed E-state index contributed by atoms with van der Waals surface area (Å²) in [6.45, 7) is 0.596. The van der Waals surface area contributed by atoms with Crippen molar-refractivity contribution in [2.45, 2.75) is 137 Å². The number of ether oxygens (including phenoxy) is 6. The quantitative estimate of drug-likeness (QED) is 0.0695. The van der Waals surface area contributed by atoms with Crippen molar-refractivity contribution in [1.82, 2.24) is 15.6 Å². The molecule has 4 rings (SSSR count). The van der Waals surface area contributed by atoms with Gasteiger partial charge in [0, 0.05) is 26.6 Å². The van der Waals surface area contributed by atoms with Gasteiger partial charge >= 0.3 is 0 Å². The average molecular weight is 811 g/mol. The van der Waals surface area contributed by atoms with Gasteiger partial charge in [-0.1, -0.05) is 6.07 Å². The van der Waals surface area contributed by atoms with E-state index in [4.69, 9.17) is 28.4 Å². The number of aromatic nitrogens is 1. The smallest absolute Gasteiger partial charge is 0.217 e. The molecule has 19 atom stereocenters. The number of carbonyl (C=O) groups excluding carboxylic acids is 2. The van der Waals surface area contributed by atoms with Crippen molar-refractivity contribution in [3.8, 4) is 0 Å². The molecule has 56 heavy (non-hydrogen) atoms. The zero-order chi connectivity index (χ0) is 41.4. The zero-order valence-electron chi connectivity index (χ0n) is 30.7. The zero-order valence-corrected chi connectivity index (χ0v) is 30.7. The molecule has 1 aromatic heterocycles. The lowest BCUT2D eigenvalue weighted by atomic mass is 9.94. The summed E-state index contributed by atoms with van der Waals surface area (Å²) in [5, 5.41) is 124. The van der Waals surface area contributed by atoms with Crippen molar-refractivity contribution in [3.63, 3.8) is 0 Å². The molecule has 0 spiro atoms. The first-order valence-corrected chi connectivity index (χ1v) is 17.9. The third kappa shape index (κ3) is 11.0. The molecule has 0 unspecified atom stereocenters. The van der Waals surface area contributed by atoms with Gasteiger partial charge in [0.25, 0.3) is 0 Å². The van der Waals surface area contributed by atoms with Crippen LogP contribution in [0.2, 0.25) is 0 Å². The number of rotatable bonds is 17. The van der Waals surface area contributed by atoms with E-state index < -0.39 is 148 Å². The van der Waals surface area contributed by atoms with Gasteiger partial charge in [-0.2, -0.15) is 0 Å². The van der Waals surface area contributed by atoms with E-state index in [2.05, 4.69) is 20.9 Å². The lowest BCUT2D eigenvalue weighted by Gasteiger charge is -2.49. The second kappa shape index (κ2) is 20.8. The number of aliphatic hydroxyl groups is 11. The fraction of sp³-hybridized carbons (Fsp3) is 0.788. The first-order valence-electron chi connectivity index (χ1n) is 17.9. The van der Waals surface area contributed by atoms with E-state index in [0.29, 0.717) is 5.82 Å². The Balaban J connectivity index is 1.72. The minimum absolute atomic E-state index is 0.236. The normalized spacial score (nSPS) is 38.5. The lowest BCUT2D eigenvalue weighted by Crippen LogP contribution is -2.69. The first-order chi connectivity index (χ1) is 26.5. The molecular weight excluding hydrogens is 756 g/mol. The van der Waals surface area contributed by atoms with E-state index in [1.807, 2.05) is 0 Å². The third-order valence-electron chi connectivity index (χ3n) is 9.60. The van der Waals surface area contributed by atoms with Crippen LogP contribution in [0.4, 0.5) is 5.82 Å². The predicted octanol–water partition coefficient (Wildman–Crippen LogP) is -7.28. The molecule has 0 radical (unpaired) electrons. The molecule has 3 fully saturated rings. The third-order valence-corrected chi connectivity index (χ3v) is 9.60. The molecule has 0 saturated carbocycles. The maximum atomic E-state index is 12.6. The first kappa shape index (κ1) is 45.9. The van der Waals surface area contributed by atoms with E-state index in [9.17, 15) is 65.8 Å². The van der Waals surface area contributed by atoms with Gasteiger partial charge in [-0.15, -0.1) is 0 Å². The number of aliphatic hydroxyl groups excluding tert-OH is 11. The van der Waals surface area contributed by atoms with E-state index >= 15 is 0 Å². The summed E-state index contributed by atoms with van der Waals surface area (Å²) in [5.41, 5.74) is 0. The van der Waals surface area contributed by atoms with E-state index in [-0.39, 0.29) is 6.54 Å². The van der Waals surface area contributed by atoms with Crippen molar-refractivity contribution in [2.75, 3.05) is 31.7 Å². The molecule has 23 nitrogen and oxygen atoms in total. The molecule has 1 aromatic rings. The lowest BCUT2D eigenvalue weighted by molar-refractivity contribution is -0.360. The summed E-state index contributed by atoms with van der Waals surface area (Å²) in [6.07, 6.45) is -27.9. The minimum atomic E-state index is -1.94. The Labute approximate surface area is 320 Å². The molecule has 3 aliphatic rings. The van der Waals surface area contributed by atoms with E-state index in [1.165, 1.54) is 13.1 Å². The van der Waals surface area contributed by atoms with Crippen LogP contribution in [0.15, 0.2) is 24.4 Å². The number of carbonyl (C=O) groups is 2. The predicted molar refractivity (Wildman–Crippen MR) is 184 cm³/mol.